The van der Waals surface area contributed by atoms with Crippen LogP contribution in [0, 0.1) is 0 Å². The van der Waals surface area contributed by atoms with Crippen molar-refractivity contribution in [2.75, 3.05) is 26.2 Å². The van der Waals surface area contributed by atoms with Gasteiger partial charge in [0.05, 0.1) is 14.2 Å². The molecule has 0 amide bonds. The van der Waals surface area contributed by atoms with Crippen LogP contribution in [0.3, 0.4) is 0 Å². The van der Waals surface area contributed by atoms with Crippen molar-refractivity contribution in [2.45, 2.75) is 37.8 Å². The summed E-state index contributed by atoms with van der Waals surface area (Å²) in [6.45, 7) is 0. The molecule has 0 radical (unpaired) electrons. The van der Waals surface area contributed by atoms with E-state index in [1.807, 2.05) is 12.1 Å². The molecule has 1 saturated carbocycles. The van der Waals surface area contributed by atoms with Gasteiger partial charge in [-0.1, -0.05) is 0 Å². The maximum absolute atomic E-state index is 5.96. The minimum atomic E-state index is 0.384. The number of nitrogens with zero attached hydrogens (tertiary/aromatic N) is 1. The second-order valence-corrected chi connectivity index (χ2v) is 5.22. The largest absolute Gasteiger partial charge is 0.493 e. The van der Waals surface area contributed by atoms with E-state index >= 15 is 0 Å². The summed E-state index contributed by atoms with van der Waals surface area (Å²) in [7, 11) is 5.47. The Labute approximate surface area is 115 Å². The molecule has 0 heterocycles. The molecule has 4 heteroatoms. The van der Waals surface area contributed by atoms with Crippen LogP contribution >= 0.6 is 0 Å². The lowest BCUT2D eigenvalue weighted by Crippen LogP contribution is -2.38. The monoisotopic (exact) mass is 264 g/mol. The molecule has 0 atom stereocenters. The smallest absolute Gasteiger partial charge is 0.162 e. The van der Waals surface area contributed by atoms with E-state index in [1.165, 1.54) is 0 Å². The van der Waals surface area contributed by atoms with Crippen molar-refractivity contribution in [1.82, 2.24) is 0 Å². The molecule has 1 aromatic rings. The van der Waals surface area contributed by atoms with Gasteiger partial charge in [0.25, 0.3) is 0 Å². The first-order valence-electron chi connectivity index (χ1n) is 6.86. The number of hydrogen-bond acceptors (Lipinski definition) is 4. The highest BCUT2D eigenvalue weighted by atomic mass is 16.5. The molecule has 0 aromatic heterocycles. The SMILES string of the molecule is COc1ccc(N(C)C2CCC(N)CC2)cc1OC. The molecular weight excluding hydrogens is 240 g/mol. The predicted octanol–water partition coefficient (Wildman–Crippen LogP) is 2.41. The zero-order valence-electron chi connectivity index (χ0n) is 12.1. The van der Waals surface area contributed by atoms with Crippen molar-refractivity contribution >= 4 is 5.69 Å². The summed E-state index contributed by atoms with van der Waals surface area (Å²) in [5.41, 5.74) is 7.13. The summed E-state index contributed by atoms with van der Waals surface area (Å²) in [6, 6.07) is 7.02. The van der Waals surface area contributed by atoms with Crippen molar-refractivity contribution in [3.63, 3.8) is 0 Å². The molecule has 19 heavy (non-hydrogen) atoms. The molecule has 106 valence electrons. The molecule has 0 unspecified atom stereocenters. The van der Waals surface area contributed by atoms with E-state index in [4.69, 9.17) is 15.2 Å². The van der Waals surface area contributed by atoms with Crippen LogP contribution in [0.4, 0.5) is 5.69 Å². The first-order valence-corrected chi connectivity index (χ1v) is 6.86. The van der Waals surface area contributed by atoms with Crippen LogP contribution < -0.4 is 20.1 Å². The highest BCUT2D eigenvalue weighted by Gasteiger charge is 2.22. The van der Waals surface area contributed by atoms with Gasteiger partial charge in [-0.25, -0.2) is 0 Å². The maximum atomic E-state index is 5.96. The van der Waals surface area contributed by atoms with Crippen molar-refractivity contribution in [1.29, 1.82) is 0 Å². The second-order valence-electron chi connectivity index (χ2n) is 5.22. The Bertz CT molecular complexity index is 415. The highest BCUT2D eigenvalue weighted by Crippen LogP contribution is 2.33. The quantitative estimate of drug-likeness (QED) is 0.907. The van der Waals surface area contributed by atoms with Gasteiger partial charge < -0.3 is 20.1 Å². The van der Waals surface area contributed by atoms with Crippen molar-refractivity contribution in [3.05, 3.63) is 18.2 Å². The van der Waals surface area contributed by atoms with E-state index in [0.717, 1.165) is 42.9 Å². The third-order valence-electron chi connectivity index (χ3n) is 4.06. The molecule has 1 aliphatic rings. The summed E-state index contributed by atoms with van der Waals surface area (Å²) in [4.78, 5) is 2.33. The maximum Gasteiger partial charge on any atom is 0.162 e. The van der Waals surface area contributed by atoms with Gasteiger partial charge in [-0.05, 0) is 37.8 Å². The van der Waals surface area contributed by atoms with Gasteiger partial charge in [0.15, 0.2) is 11.5 Å². The zero-order valence-corrected chi connectivity index (χ0v) is 12.1. The predicted molar refractivity (Wildman–Crippen MR) is 78.2 cm³/mol. The summed E-state index contributed by atoms with van der Waals surface area (Å²) >= 11 is 0. The van der Waals surface area contributed by atoms with Gasteiger partial charge in [-0.3, -0.25) is 0 Å². The van der Waals surface area contributed by atoms with Crippen LogP contribution in [0.2, 0.25) is 0 Å². The van der Waals surface area contributed by atoms with Gasteiger partial charge in [0.2, 0.25) is 0 Å². The Morgan fingerprint density at radius 2 is 1.68 bits per heavy atom. The van der Waals surface area contributed by atoms with Gasteiger partial charge in [-0.2, -0.15) is 0 Å². The van der Waals surface area contributed by atoms with Gasteiger partial charge >= 0.3 is 0 Å². The number of hydrogen-bond donors (Lipinski definition) is 1. The van der Waals surface area contributed by atoms with E-state index in [0.29, 0.717) is 12.1 Å². The third-order valence-corrected chi connectivity index (χ3v) is 4.06. The fourth-order valence-corrected chi connectivity index (χ4v) is 2.74. The molecule has 1 fully saturated rings. The number of methoxy groups -OCH3 is 2. The molecule has 2 rings (SSSR count). The summed E-state index contributed by atoms with van der Waals surface area (Å²) in [6.07, 6.45) is 4.54. The molecule has 0 saturated heterocycles. The van der Waals surface area contributed by atoms with Crippen LogP contribution in [0.5, 0.6) is 11.5 Å². The van der Waals surface area contributed by atoms with E-state index in [2.05, 4.69) is 18.0 Å². The fraction of sp³-hybridized carbons (Fsp3) is 0.600. The highest BCUT2D eigenvalue weighted by molar-refractivity contribution is 5.56. The lowest BCUT2D eigenvalue weighted by atomic mass is 9.91. The molecule has 4 nitrogen and oxygen atoms in total. The minimum absolute atomic E-state index is 0.384. The molecule has 1 aromatic carbocycles. The topological polar surface area (TPSA) is 47.7 Å². The van der Waals surface area contributed by atoms with E-state index in [-0.39, 0.29) is 0 Å². The number of rotatable bonds is 4. The molecular formula is C15H24N2O2. The molecule has 2 N–H and O–H groups in total. The molecule has 0 bridgehead atoms. The fourth-order valence-electron chi connectivity index (χ4n) is 2.74. The first-order chi connectivity index (χ1) is 9.15. The van der Waals surface area contributed by atoms with Gasteiger partial charge in [-0.15, -0.1) is 0 Å². The van der Waals surface area contributed by atoms with E-state index < -0.39 is 0 Å². The standard InChI is InChI=1S/C15H24N2O2/c1-17(12-6-4-11(16)5-7-12)13-8-9-14(18-2)15(10-13)19-3/h8-12H,4-7,16H2,1-3H3. The van der Waals surface area contributed by atoms with Crippen LogP contribution in [0.25, 0.3) is 0 Å². The Morgan fingerprint density at radius 1 is 1.05 bits per heavy atom. The van der Waals surface area contributed by atoms with E-state index in [1.54, 1.807) is 14.2 Å². The molecule has 0 spiro atoms. The summed E-state index contributed by atoms with van der Waals surface area (Å²) in [5.74, 6) is 1.55. The van der Waals surface area contributed by atoms with Crippen LogP contribution in [0.15, 0.2) is 18.2 Å². The first kappa shape index (κ1) is 14.0. The average molecular weight is 264 g/mol. The second kappa shape index (κ2) is 6.15. The molecule has 0 aliphatic heterocycles. The number of ether oxygens (including phenoxy) is 2. The van der Waals surface area contributed by atoms with Crippen LogP contribution in [0.1, 0.15) is 25.7 Å². The normalized spacial score (nSPS) is 22.9. The Balaban J connectivity index is 2.12. The molecule has 1 aliphatic carbocycles. The van der Waals surface area contributed by atoms with Crippen molar-refractivity contribution in [2.24, 2.45) is 5.73 Å². The van der Waals surface area contributed by atoms with Gasteiger partial charge in [0, 0.05) is 30.9 Å². The van der Waals surface area contributed by atoms with Crippen LogP contribution in [-0.2, 0) is 0 Å². The average Bonchev–Trinajstić information content (AvgIpc) is 2.46. The van der Waals surface area contributed by atoms with Gasteiger partial charge in [0.1, 0.15) is 0 Å². The number of benzene rings is 1. The zero-order chi connectivity index (χ0) is 13.8. The lowest BCUT2D eigenvalue weighted by molar-refractivity contribution is 0.354. The Kier molecular flexibility index (Phi) is 4.53. The summed E-state index contributed by atoms with van der Waals surface area (Å²) < 4.78 is 10.6. The Morgan fingerprint density at radius 3 is 2.26 bits per heavy atom. The Hall–Kier alpha value is -1.42. The number of anilines is 1. The minimum Gasteiger partial charge on any atom is -0.493 e. The third kappa shape index (κ3) is 3.13. The number of nitrogens with two attached hydrogens (primary N) is 1. The van der Waals surface area contributed by atoms with Crippen molar-refractivity contribution in [3.8, 4) is 11.5 Å². The summed E-state index contributed by atoms with van der Waals surface area (Å²) in [5, 5.41) is 0. The van der Waals surface area contributed by atoms with Crippen LogP contribution in [-0.4, -0.2) is 33.4 Å². The lowest BCUT2D eigenvalue weighted by Gasteiger charge is -2.35. The van der Waals surface area contributed by atoms with E-state index in [9.17, 15) is 0 Å². The van der Waals surface area contributed by atoms with Crippen molar-refractivity contribution < 1.29 is 9.47 Å².